The van der Waals surface area contributed by atoms with Gasteiger partial charge in [-0.2, -0.15) is 0 Å². The van der Waals surface area contributed by atoms with Gasteiger partial charge in [-0.05, 0) is 24.7 Å². The van der Waals surface area contributed by atoms with E-state index in [0.29, 0.717) is 0 Å². The third-order valence-corrected chi connectivity index (χ3v) is 2.72. The lowest BCUT2D eigenvalue weighted by Crippen LogP contribution is -2.03. The molecule has 9 heavy (non-hydrogen) atoms. The lowest BCUT2D eigenvalue weighted by Gasteiger charge is -2.11. The van der Waals surface area contributed by atoms with Crippen molar-refractivity contribution in [3.63, 3.8) is 0 Å². The van der Waals surface area contributed by atoms with Gasteiger partial charge in [0.2, 0.25) is 0 Å². The molecule has 2 bridgehead atoms. The van der Waals surface area contributed by atoms with Crippen LogP contribution in [0.1, 0.15) is 26.2 Å². The molecule has 1 saturated carbocycles. The van der Waals surface area contributed by atoms with E-state index in [9.17, 15) is 0 Å². The van der Waals surface area contributed by atoms with E-state index in [0.717, 1.165) is 17.8 Å². The molecule has 0 spiro atoms. The van der Waals surface area contributed by atoms with Crippen LogP contribution in [0.2, 0.25) is 0 Å². The van der Waals surface area contributed by atoms with Crippen LogP contribution in [0.3, 0.4) is 0 Å². The molecule has 0 aromatic rings. The lowest BCUT2D eigenvalue weighted by molar-refractivity contribution is 0.428. The first-order valence-corrected chi connectivity index (χ1v) is 3.84. The molecule has 3 unspecified atom stereocenters. The van der Waals surface area contributed by atoms with E-state index in [1.807, 2.05) is 0 Å². The summed E-state index contributed by atoms with van der Waals surface area (Å²) in [4.78, 5) is 0. The summed E-state index contributed by atoms with van der Waals surface area (Å²) in [6, 6.07) is 0. The van der Waals surface area contributed by atoms with Crippen LogP contribution >= 0.6 is 0 Å². The molecule has 48 valence electrons. The Morgan fingerprint density at radius 2 is 2.22 bits per heavy atom. The van der Waals surface area contributed by atoms with Gasteiger partial charge < -0.3 is 0 Å². The zero-order valence-electron chi connectivity index (χ0n) is 5.85. The number of hydrogen-bond acceptors (Lipinski definition) is 0. The smallest absolute Gasteiger partial charge is 0.0208 e. The van der Waals surface area contributed by atoms with Crippen LogP contribution in [-0.2, 0) is 0 Å². The van der Waals surface area contributed by atoms with Crippen molar-refractivity contribution >= 4 is 0 Å². The maximum Gasteiger partial charge on any atom is 0.0208 e. The van der Waals surface area contributed by atoms with E-state index >= 15 is 0 Å². The highest BCUT2D eigenvalue weighted by atomic mass is 14.3. The molecule has 0 nitrogen and oxygen atoms in total. The highest BCUT2D eigenvalue weighted by Crippen LogP contribution is 2.39. The van der Waals surface area contributed by atoms with Crippen LogP contribution in [0, 0.1) is 29.6 Å². The summed E-state index contributed by atoms with van der Waals surface area (Å²) < 4.78 is 0. The van der Waals surface area contributed by atoms with Gasteiger partial charge >= 0.3 is 0 Å². The monoisotopic (exact) mass is 120 g/mol. The highest BCUT2D eigenvalue weighted by molar-refractivity contribution is 5.13. The Hall–Kier alpha value is -0.440. The van der Waals surface area contributed by atoms with E-state index in [2.05, 4.69) is 18.8 Å². The van der Waals surface area contributed by atoms with Crippen LogP contribution in [0.4, 0.5) is 0 Å². The highest BCUT2D eigenvalue weighted by Gasteiger charge is 2.31. The molecule has 0 heterocycles. The first kappa shape index (κ1) is 5.35. The Morgan fingerprint density at radius 1 is 1.33 bits per heavy atom. The Kier molecular flexibility index (Phi) is 1.05. The molecular formula is C9H12. The van der Waals surface area contributed by atoms with Crippen molar-refractivity contribution in [2.24, 2.45) is 17.8 Å². The summed E-state index contributed by atoms with van der Waals surface area (Å²) in [5.74, 6) is 9.19. The van der Waals surface area contributed by atoms with Gasteiger partial charge in [-0.25, -0.2) is 0 Å². The van der Waals surface area contributed by atoms with Crippen molar-refractivity contribution in [3.05, 3.63) is 0 Å². The van der Waals surface area contributed by atoms with E-state index < -0.39 is 0 Å². The molecule has 0 amide bonds. The number of hydrogen-bond donors (Lipinski definition) is 0. The Bertz CT molecular complexity index is 168. The third-order valence-electron chi connectivity index (χ3n) is 2.72. The van der Waals surface area contributed by atoms with Crippen molar-refractivity contribution in [2.45, 2.75) is 26.2 Å². The van der Waals surface area contributed by atoms with Gasteiger partial charge in [-0.3, -0.25) is 0 Å². The first-order valence-electron chi connectivity index (χ1n) is 3.84. The Balaban J connectivity index is 2.20. The van der Waals surface area contributed by atoms with Crippen LogP contribution in [0.15, 0.2) is 0 Å². The summed E-state index contributed by atoms with van der Waals surface area (Å²) in [7, 11) is 0. The van der Waals surface area contributed by atoms with Crippen molar-refractivity contribution in [3.8, 4) is 11.8 Å². The molecular weight excluding hydrogens is 108 g/mol. The van der Waals surface area contributed by atoms with Crippen LogP contribution in [-0.4, -0.2) is 0 Å². The zero-order chi connectivity index (χ0) is 6.27. The van der Waals surface area contributed by atoms with E-state index in [1.165, 1.54) is 19.3 Å². The van der Waals surface area contributed by atoms with Crippen LogP contribution in [0.5, 0.6) is 0 Å². The van der Waals surface area contributed by atoms with Crippen molar-refractivity contribution in [1.29, 1.82) is 0 Å². The minimum absolute atomic E-state index is 0.777. The van der Waals surface area contributed by atoms with Crippen LogP contribution in [0.25, 0.3) is 0 Å². The maximum absolute atomic E-state index is 3.29. The minimum atomic E-state index is 0.777. The molecule has 1 fully saturated rings. The third kappa shape index (κ3) is 0.758. The summed E-state index contributed by atoms with van der Waals surface area (Å²) in [5, 5.41) is 0. The second-order valence-electron chi connectivity index (χ2n) is 3.43. The standard InChI is InChI=1S/C9H12/c1-7-5-8-3-2-4-9(7)6-8/h7-9H,4-6H2,1H3. The van der Waals surface area contributed by atoms with Crippen molar-refractivity contribution < 1.29 is 0 Å². The van der Waals surface area contributed by atoms with E-state index in [1.54, 1.807) is 0 Å². The van der Waals surface area contributed by atoms with Gasteiger partial charge in [0.25, 0.3) is 0 Å². The zero-order valence-corrected chi connectivity index (χ0v) is 5.85. The molecule has 0 N–H and O–H groups in total. The van der Waals surface area contributed by atoms with Gasteiger partial charge in [-0.1, -0.05) is 12.8 Å². The minimum Gasteiger partial charge on any atom is -0.103 e. The fourth-order valence-corrected chi connectivity index (χ4v) is 2.07. The quantitative estimate of drug-likeness (QED) is 0.429. The molecule has 0 aliphatic heterocycles. The van der Waals surface area contributed by atoms with Crippen molar-refractivity contribution in [2.75, 3.05) is 0 Å². The van der Waals surface area contributed by atoms with Gasteiger partial charge in [0.05, 0.1) is 0 Å². The summed E-state index contributed by atoms with van der Waals surface area (Å²) in [6.45, 7) is 2.36. The predicted molar refractivity (Wildman–Crippen MR) is 37.8 cm³/mol. The normalized spacial score (nSPS) is 46.1. The summed E-state index contributed by atoms with van der Waals surface area (Å²) in [5.41, 5.74) is 0. The average Bonchev–Trinajstić information content (AvgIpc) is 2.09. The number of fused-ring (bicyclic) bond motifs is 2. The SMILES string of the molecule is CC1CC2C#CCC1C2. The van der Waals surface area contributed by atoms with Crippen molar-refractivity contribution in [1.82, 2.24) is 0 Å². The lowest BCUT2D eigenvalue weighted by atomic mass is 9.94. The van der Waals surface area contributed by atoms with Gasteiger partial charge in [-0.15, -0.1) is 5.92 Å². The summed E-state index contributed by atoms with van der Waals surface area (Å²) >= 11 is 0. The second kappa shape index (κ2) is 1.77. The molecule has 0 heteroatoms. The molecule has 2 aliphatic rings. The fraction of sp³-hybridized carbons (Fsp3) is 0.778. The Morgan fingerprint density at radius 3 is 2.89 bits per heavy atom. The molecule has 0 aromatic carbocycles. The van der Waals surface area contributed by atoms with E-state index in [4.69, 9.17) is 0 Å². The molecule has 2 aliphatic carbocycles. The topological polar surface area (TPSA) is 0 Å². The second-order valence-corrected chi connectivity index (χ2v) is 3.43. The van der Waals surface area contributed by atoms with Crippen LogP contribution < -0.4 is 0 Å². The predicted octanol–water partition coefficient (Wildman–Crippen LogP) is 2.06. The molecule has 0 saturated heterocycles. The first-order chi connectivity index (χ1) is 4.36. The van der Waals surface area contributed by atoms with Gasteiger partial charge in [0.1, 0.15) is 0 Å². The molecule has 2 rings (SSSR count). The summed E-state index contributed by atoms with van der Waals surface area (Å²) in [6.07, 6.45) is 3.95. The molecule has 0 aromatic heterocycles. The maximum atomic E-state index is 3.29. The van der Waals surface area contributed by atoms with Gasteiger partial charge in [0.15, 0.2) is 0 Å². The van der Waals surface area contributed by atoms with Gasteiger partial charge in [0, 0.05) is 12.3 Å². The molecule has 3 atom stereocenters. The fourth-order valence-electron chi connectivity index (χ4n) is 2.07. The molecule has 0 radical (unpaired) electrons. The largest absolute Gasteiger partial charge is 0.103 e. The van der Waals surface area contributed by atoms with E-state index in [-0.39, 0.29) is 0 Å². The number of rotatable bonds is 0. The Labute approximate surface area is 56.6 Å². The average molecular weight is 120 g/mol.